The second-order valence-electron chi connectivity index (χ2n) is 7.59. The summed E-state index contributed by atoms with van der Waals surface area (Å²) in [5.41, 5.74) is 0.435. The van der Waals surface area contributed by atoms with Gasteiger partial charge in [-0.05, 0) is 36.5 Å². The molecule has 0 saturated carbocycles. The molecular formula is C16H26O2S2. The molecule has 0 aliphatic heterocycles. The Balaban J connectivity index is 1.96. The quantitative estimate of drug-likeness (QED) is 0.597. The summed E-state index contributed by atoms with van der Waals surface area (Å²) in [6.45, 7) is 8.82. The number of aliphatic hydroxyl groups is 2. The monoisotopic (exact) mass is 314 g/mol. The lowest BCUT2D eigenvalue weighted by atomic mass is 9.80. The van der Waals surface area contributed by atoms with E-state index in [-0.39, 0.29) is 10.8 Å². The number of hydrogen-bond donors (Lipinski definition) is 2. The van der Waals surface area contributed by atoms with Crippen molar-refractivity contribution in [2.45, 2.75) is 66.2 Å². The third-order valence-electron chi connectivity index (χ3n) is 4.24. The molecule has 0 saturated heterocycles. The van der Waals surface area contributed by atoms with Gasteiger partial charge in [0, 0.05) is 22.7 Å². The fourth-order valence-corrected chi connectivity index (χ4v) is 5.34. The van der Waals surface area contributed by atoms with Crippen LogP contribution in [0, 0.1) is 10.8 Å². The molecule has 0 atom stereocenters. The molecule has 0 aromatic heterocycles. The summed E-state index contributed by atoms with van der Waals surface area (Å²) in [5.74, 6) is 1.10. The van der Waals surface area contributed by atoms with Crippen molar-refractivity contribution in [3.8, 4) is 0 Å². The lowest BCUT2D eigenvalue weighted by Gasteiger charge is -2.31. The highest BCUT2D eigenvalue weighted by Gasteiger charge is 2.30. The molecule has 0 amide bonds. The fraction of sp³-hybridized carbons (Fsp3) is 0.750. The highest BCUT2D eigenvalue weighted by Crippen LogP contribution is 2.50. The van der Waals surface area contributed by atoms with E-state index in [0.29, 0.717) is 11.5 Å². The average Bonchev–Trinajstić information content (AvgIpc) is 2.28. The van der Waals surface area contributed by atoms with Crippen LogP contribution in [0.3, 0.4) is 0 Å². The van der Waals surface area contributed by atoms with E-state index in [4.69, 9.17) is 0 Å². The Hall–Kier alpha value is -0.220. The van der Waals surface area contributed by atoms with Crippen molar-refractivity contribution in [3.05, 3.63) is 21.3 Å². The Morgan fingerprint density at radius 2 is 1.10 bits per heavy atom. The Morgan fingerprint density at radius 1 is 0.750 bits per heavy atom. The Kier molecular flexibility index (Phi) is 4.75. The van der Waals surface area contributed by atoms with Crippen molar-refractivity contribution >= 4 is 21.6 Å². The van der Waals surface area contributed by atoms with Crippen molar-refractivity contribution in [2.24, 2.45) is 10.8 Å². The van der Waals surface area contributed by atoms with E-state index in [1.54, 1.807) is 21.6 Å². The normalized spacial score (nSPS) is 26.0. The lowest BCUT2D eigenvalue weighted by Crippen LogP contribution is -2.18. The second-order valence-corrected chi connectivity index (χ2v) is 9.91. The molecule has 114 valence electrons. The zero-order valence-electron chi connectivity index (χ0n) is 13.0. The smallest absolute Gasteiger partial charge is 0.103 e. The van der Waals surface area contributed by atoms with E-state index in [0.717, 1.165) is 48.3 Å². The van der Waals surface area contributed by atoms with Gasteiger partial charge in [-0.25, -0.2) is 0 Å². The van der Waals surface area contributed by atoms with Crippen LogP contribution < -0.4 is 0 Å². The van der Waals surface area contributed by atoms with Gasteiger partial charge in [-0.1, -0.05) is 49.3 Å². The lowest BCUT2D eigenvalue weighted by molar-refractivity contribution is 0.245. The van der Waals surface area contributed by atoms with Crippen LogP contribution in [0.4, 0.5) is 0 Å². The molecule has 2 aliphatic rings. The van der Waals surface area contributed by atoms with E-state index < -0.39 is 0 Å². The topological polar surface area (TPSA) is 40.5 Å². The van der Waals surface area contributed by atoms with Gasteiger partial charge in [-0.2, -0.15) is 0 Å². The highest BCUT2D eigenvalue weighted by atomic mass is 33.1. The van der Waals surface area contributed by atoms with Crippen LogP contribution >= 0.6 is 21.6 Å². The van der Waals surface area contributed by atoms with Crippen LogP contribution in [-0.2, 0) is 0 Å². The summed E-state index contributed by atoms with van der Waals surface area (Å²) in [7, 11) is 3.29. The van der Waals surface area contributed by atoms with E-state index in [9.17, 15) is 10.2 Å². The fourth-order valence-electron chi connectivity index (χ4n) is 2.75. The molecule has 2 N–H and O–H groups in total. The van der Waals surface area contributed by atoms with E-state index in [1.165, 1.54) is 0 Å². The second kappa shape index (κ2) is 5.88. The summed E-state index contributed by atoms with van der Waals surface area (Å²) in [5, 5.41) is 20.3. The predicted octanol–water partition coefficient (Wildman–Crippen LogP) is 6.33. The molecule has 0 fully saturated rings. The molecule has 0 spiro atoms. The van der Waals surface area contributed by atoms with Crippen molar-refractivity contribution in [3.63, 3.8) is 0 Å². The van der Waals surface area contributed by atoms with Crippen molar-refractivity contribution in [2.75, 3.05) is 0 Å². The third kappa shape index (κ3) is 4.14. The molecule has 0 aromatic carbocycles. The first-order chi connectivity index (χ1) is 9.19. The van der Waals surface area contributed by atoms with Crippen LogP contribution in [0.25, 0.3) is 0 Å². The van der Waals surface area contributed by atoms with E-state index in [1.807, 2.05) is 0 Å². The van der Waals surface area contributed by atoms with Gasteiger partial charge < -0.3 is 10.2 Å². The minimum Gasteiger partial charge on any atom is -0.511 e. The molecule has 0 heterocycles. The summed E-state index contributed by atoms with van der Waals surface area (Å²) in [6.07, 6.45) is 5.70. The molecule has 2 nitrogen and oxygen atoms in total. The Morgan fingerprint density at radius 3 is 1.40 bits per heavy atom. The minimum atomic E-state index is 0.217. The highest BCUT2D eigenvalue weighted by molar-refractivity contribution is 8.79. The first-order valence-corrected chi connectivity index (χ1v) is 9.50. The SMILES string of the molecule is CC1(C)CCC(SSC2=C(O)CC(C)(C)CC2)=C(O)C1. The molecule has 0 unspecified atom stereocenters. The van der Waals surface area contributed by atoms with Crippen molar-refractivity contribution in [1.82, 2.24) is 0 Å². The van der Waals surface area contributed by atoms with Gasteiger partial charge in [0.05, 0.1) is 0 Å². The van der Waals surface area contributed by atoms with Gasteiger partial charge in [0.15, 0.2) is 0 Å². The maximum Gasteiger partial charge on any atom is 0.103 e. The molecule has 2 aliphatic carbocycles. The van der Waals surface area contributed by atoms with Crippen LogP contribution in [0.15, 0.2) is 21.3 Å². The Labute approximate surface area is 130 Å². The maximum absolute atomic E-state index is 10.1. The first kappa shape index (κ1) is 16.2. The van der Waals surface area contributed by atoms with E-state index in [2.05, 4.69) is 27.7 Å². The largest absolute Gasteiger partial charge is 0.511 e. The molecule has 2 rings (SSSR count). The van der Waals surface area contributed by atoms with Crippen LogP contribution in [0.2, 0.25) is 0 Å². The molecule has 0 radical (unpaired) electrons. The zero-order valence-corrected chi connectivity index (χ0v) is 14.6. The van der Waals surface area contributed by atoms with Crippen molar-refractivity contribution < 1.29 is 10.2 Å². The summed E-state index contributed by atoms with van der Waals surface area (Å²) >= 11 is 0. The van der Waals surface area contributed by atoms with Crippen molar-refractivity contribution in [1.29, 1.82) is 0 Å². The average molecular weight is 315 g/mol. The molecular weight excluding hydrogens is 288 g/mol. The van der Waals surface area contributed by atoms with Gasteiger partial charge in [-0.3, -0.25) is 0 Å². The van der Waals surface area contributed by atoms with Gasteiger partial charge >= 0.3 is 0 Å². The van der Waals surface area contributed by atoms with Crippen LogP contribution in [0.1, 0.15) is 66.2 Å². The van der Waals surface area contributed by atoms with Gasteiger partial charge in [-0.15, -0.1) is 0 Å². The predicted molar refractivity (Wildman–Crippen MR) is 89.8 cm³/mol. The van der Waals surface area contributed by atoms with Crippen LogP contribution in [-0.4, -0.2) is 10.2 Å². The van der Waals surface area contributed by atoms with E-state index >= 15 is 0 Å². The molecule has 20 heavy (non-hydrogen) atoms. The molecule has 0 bridgehead atoms. The maximum atomic E-state index is 10.1. The number of rotatable bonds is 3. The number of aliphatic hydroxyl groups excluding tert-OH is 2. The van der Waals surface area contributed by atoms with Gasteiger partial charge in [0.25, 0.3) is 0 Å². The summed E-state index contributed by atoms with van der Waals surface area (Å²) in [6, 6.07) is 0. The summed E-state index contributed by atoms with van der Waals surface area (Å²) < 4.78 is 0. The molecule has 4 heteroatoms. The van der Waals surface area contributed by atoms with Gasteiger partial charge in [0.2, 0.25) is 0 Å². The van der Waals surface area contributed by atoms with Gasteiger partial charge in [0.1, 0.15) is 11.5 Å². The first-order valence-electron chi connectivity index (χ1n) is 7.35. The third-order valence-corrected chi connectivity index (χ3v) is 7.06. The summed E-state index contributed by atoms with van der Waals surface area (Å²) in [4.78, 5) is 2.19. The number of hydrogen-bond acceptors (Lipinski definition) is 4. The Bertz CT molecular complexity index is 405. The van der Waals surface area contributed by atoms with Crippen LogP contribution in [0.5, 0.6) is 0 Å². The minimum absolute atomic E-state index is 0.217. The standard InChI is InChI=1S/C16H26O2S2/c1-15(2)7-5-13(11(17)9-15)19-20-14-6-8-16(3,4)10-12(14)18/h17-18H,5-10H2,1-4H3. The zero-order chi connectivity index (χ0) is 15.0. The molecule has 0 aromatic rings. The number of allylic oxidation sites excluding steroid dienone is 4.